The van der Waals surface area contributed by atoms with Gasteiger partial charge in [-0.15, -0.1) is 0 Å². The van der Waals surface area contributed by atoms with Crippen LogP contribution in [-0.2, 0) is 4.74 Å². The SMILES string of the molecule is CC(NC(=O)Nc1ccc(N2CCOC2=O)cc1)c1ccncc1. The molecule has 0 radical (unpaired) electrons. The molecular weight excluding hydrogens is 308 g/mol. The average molecular weight is 326 g/mol. The summed E-state index contributed by atoms with van der Waals surface area (Å²) in [5, 5.41) is 5.63. The van der Waals surface area contributed by atoms with Gasteiger partial charge in [0.1, 0.15) is 6.61 Å². The highest BCUT2D eigenvalue weighted by molar-refractivity contribution is 5.91. The molecule has 1 aromatic heterocycles. The highest BCUT2D eigenvalue weighted by Crippen LogP contribution is 2.21. The molecule has 2 heterocycles. The van der Waals surface area contributed by atoms with E-state index in [-0.39, 0.29) is 18.2 Å². The molecule has 0 bridgehead atoms. The molecular formula is C17H18N4O3. The predicted octanol–water partition coefficient (Wildman–Crippen LogP) is 2.92. The monoisotopic (exact) mass is 326 g/mol. The van der Waals surface area contributed by atoms with Crippen LogP contribution in [0, 0.1) is 0 Å². The number of anilines is 2. The number of benzene rings is 1. The number of pyridine rings is 1. The molecule has 0 spiro atoms. The van der Waals surface area contributed by atoms with Gasteiger partial charge in [0, 0.05) is 23.8 Å². The molecule has 124 valence electrons. The summed E-state index contributed by atoms with van der Waals surface area (Å²) in [6, 6.07) is 10.3. The van der Waals surface area contributed by atoms with Crippen LogP contribution in [0.2, 0.25) is 0 Å². The van der Waals surface area contributed by atoms with Crippen LogP contribution in [-0.4, -0.2) is 30.3 Å². The van der Waals surface area contributed by atoms with Crippen LogP contribution in [0.1, 0.15) is 18.5 Å². The van der Waals surface area contributed by atoms with Gasteiger partial charge in [0.05, 0.1) is 12.6 Å². The fourth-order valence-electron chi connectivity index (χ4n) is 2.45. The van der Waals surface area contributed by atoms with Crippen LogP contribution in [0.3, 0.4) is 0 Å². The average Bonchev–Trinajstić information content (AvgIpc) is 3.02. The number of carbonyl (C=O) groups is 2. The highest BCUT2D eigenvalue weighted by Gasteiger charge is 2.23. The molecule has 1 aliphatic rings. The van der Waals surface area contributed by atoms with E-state index in [2.05, 4.69) is 15.6 Å². The van der Waals surface area contributed by atoms with Gasteiger partial charge in [-0.2, -0.15) is 0 Å². The lowest BCUT2D eigenvalue weighted by molar-refractivity contribution is 0.181. The Kier molecular flexibility index (Phi) is 4.60. The number of nitrogens with zero attached hydrogens (tertiary/aromatic N) is 2. The Morgan fingerprint density at radius 1 is 1.21 bits per heavy atom. The Morgan fingerprint density at radius 3 is 2.54 bits per heavy atom. The molecule has 1 unspecified atom stereocenters. The van der Waals surface area contributed by atoms with E-state index in [1.807, 2.05) is 19.1 Å². The van der Waals surface area contributed by atoms with Gasteiger partial charge in [0.2, 0.25) is 0 Å². The molecule has 1 atom stereocenters. The van der Waals surface area contributed by atoms with E-state index in [4.69, 9.17) is 4.74 Å². The van der Waals surface area contributed by atoms with E-state index < -0.39 is 0 Å². The maximum Gasteiger partial charge on any atom is 0.414 e. The lowest BCUT2D eigenvalue weighted by Crippen LogP contribution is -2.31. The molecule has 1 fully saturated rings. The zero-order valence-electron chi connectivity index (χ0n) is 13.2. The molecule has 0 saturated carbocycles. The van der Waals surface area contributed by atoms with Gasteiger partial charge in [-0.3, -0.25) is 9.88 Å². The van der Waals surface area contributed by atoms with Gasteiger partial charge in [-0.1, -0.05) is 0 Å². The second-order valence-corrected chi connectivity index (χ2v) is 5.41. The molecule has 2 aromatic rings. The number of nitrogens with one attached hydrogen (secondary N) is 2. The van der Waals surface area contributed by atoms with Crippen LogP contribution >= 0.6 is 0 Å². The number of urea groups is 1. The van der Waals surface area contributed by atoms with Crippen molar-refractivity contribution in [2.45, 2.75) is 13.0 Å². The van der Waals surface area contributed by atoms with Crippen LogP contribution in [0.15, 0.2) is 48.8 Å². The predicted molar refractivity (Wildman–Crippen MR) is 89.9 cm³/mol. The first kappa shape index (κ1) is 15.8. The first-order chi connectivity index (χ1) is 11.6. The van der Waals surface area contributed by atoms with E-state index in [1.54, 1.807) is 41.6 Å². The quantitative estimate of drug-likeness (QED) is 0.905. The Morgan fingerprint density at radius 2 is 1.92 bits per heavy atom. The fourth-order valence-corrected chi connectivity index (χ4v) is 2.45. The van der Waals surface area contributed by atoms with Crippen molar-refractivity contribution >= 4 is 23.5 Å². The minimum absolute atomic E-state index is 0.133. The van der Waals surface area contributed by atoms with Crippen molar-refractivity contribution in [3.8, 4) is 0 Å². The van der Waals surface area contributed by atoms with Crippen molar-refractivity contribution in [1.29, 1.82) is 0 Å². The van der Waals surface area contributed by atoms with Crippen LogP contribution in [0.5, 0.6) is 0 Å². The van der Waals surface area contributed by atoms with Crippen molar-refractivity contribution in [2.75, 3.05) is 23.4 Å². The van der Waals surface area contributed by atoms with E-state index in [9.17, 15) is 9.59 Å². The normalized spacial score (nSPS) is 14.9. The summed E-state index contributed by atoms with van der Waals surface area (Å²) in [5.74, 6) is 0. The number of carbonyl (C=O) groups excluding carboxylic acids is 2. The van der Waals surface area contributed by atoms with Crippen molar-refractivity contribution < 1.29 is 14.3 Å². The number of hydrogen-bond donors (Lipinski definition) is 2. The number of hydrogen-bond acceptors (Lipinski definition) is 4. The Balaban J connectivity index is 1.57. The second-order valence-electron chi connectivity index (χ2n) is 5.41. The van der Waals surface area contributed by atoms with Crippen molar-refractivity contribution in [3.63, 3.8) is 0 Å². The van der Waals surface area contributed by atoms with Gasteiger partial charge >= 0.3 is 12.1 Å². The van der Waals surface area contributed by atoms with E-state index >= 15 is 0 Å². The number of aromatic nitrogens is 1. The van der Waals surface area contributed by atoms with Crippen LogP contribution in [0.4, 0.5) is 21.0 Å². The zero-order valence-corrected chi connectivity index (χ0v) is 13.2. The Bertz CT molecular complexity index is 718. The molecule has 3 amide bonds. The molecule has 3 rings (SSSR count). The lowest BCUT2D eigenvalue weighted by Gasteiger charge is -2.16. The third-order valence-corrected chi connectivity index (χ3v) is 3.75. The lowest BCUT2D eigenvalue weighted by atomic mass is 10.1. The summed E-state index contributed by atoms with van der Waals surface area (Å²) in [6.45, 7) is 2.83. The topological polar surface area (TPSA) is 83.6 Å². The van der Waals surface area contributed by atoms with E-state index in [0.29, 0.717) is 18.8 Å². The van der Waals surface area contributed by atoms with Crippen LogP contribution in [0.25, 0.3) is 0 Å². The highest BCUT2D eigenvalue weighted by atomic mass is 16.6. The van der Waals surface area contributed by atoms with Crippen molar-refractivity contribution in [2.24, 2.45) is 0 Å². The number of rotatable bonds is 4. The van der Waals surface area contributed by atoms with Gasteiger partial charge in [-0.05, 0) is 48.9 Å². The smallest absolute Gasteiger partial charge is 0.414 e. The van der Waals surface area contributed by atoms with Crippen molar-refractivity contribution in [3.05, 3.63) is 54.4 Å². The van der Waals surface area contributed by atoms with Crippen molar-refractivity contribution in [1.82, 2.24) is 10.3 Å². The molecule has 1 aromatic carbocycles. The zero-order chi connectivity index (χ0) is 16.9. The fraction of sp³-hybridized carbons (Fsp3) is 0.235. The molecule has 24 heavy (non-hydrogen) atoms. The third-order valence-electron chi connectivity index (χ3n) is 3.75. The Labute approximate surface area is 139 Å². The van der Waals surface area contributed by atoms with Gasteiger partial charge < -0.3 is 15.4 Å². The minimum atomic E-state index is -0.348. The first-order valence-electron chi connectivity index (χ1n) is 7.65. The largest absolute Gasteiger partial charge is 0.447 e. The second kappa shape index (κ2) is 6.99. The molecule has 1 aliphatic heterocycles. The summed E-state index contributed by atoms with van der Waals surface area (Å²) in [7, 11) is 0. The summed E-state index contributed by atoms with van der Waals surface area (Å²) in [6.07, 6.45) is 3.03. The Hall–Kier alpha value is -3.09. The maximum atomic E-state index is 12.1. The first-order valence-corrected chi connectivity index (χ1v) is 7.65. The maximum absolute atomic E-state index is 12.1. The standard InChI is InChI=1S/C17H18N4O3/c1-12(13-6-8-18-9-7-13)19-16(22)20-14-2-4-15(5-3-14)21-10-11-24-17(21)23/h2-9,12H,10-11H2,1H3,(H2,19,20,22). The van der Waals surface area contributed by atoms with Crippen LogP contribution < -0.4 is 15.5 Å². The van der Waals surface area contributed by atoms with Gasteiger partial charge in [0.15, 0.2) is 0 Å². The summed E-state index contributed by atoms with van der Waals surface area (Å²) >= 11 is 0. The molecule has 0 aliphatic carbocycles. The molecule has 7 heteroatoms. The summed E-state index contributed by atoms with van der Waals surface area (Å²) < 4.78 is 4.90. The number of cyclic esters (lactones) is 1. The van der Waals surface area contributed by atoms with Gasteiger partial charge in [0.25, 0.3) is 0 Å². The molecule has 7 nitrogen and oxygen atoms in total. The van der Waals surface area contributed by atoms with Gasteiger partial charge in [-0.25, -0.2) is 9.59 Å². The molecule has 1 saturated heterocycles. The van der Waals surface area contributed by atoms with E-state index in [1.165, 1.54) is 0 Å². The summed E-state index contributed by atoms with van der Waals surface area (Å²) in [4.78, 5) is 29.1. The summed E-state index contributed by atoms with van der Waals surface area (Å²) in [5.41, 5.74) is 2.36. The molecule has 2 N–H and O–H groups in total. The van der Waals surface area contributed by atoms with E-state index in [0.717, 1.165) is 11.3 Å². The number of amides is 3. The number of ether oxygens (including phenoxy) is 1. The minimum Gasteiger partial charge on any atom is -0.447 e. The third kappa shape index (κ3) is 3.62.